The standard InChI is InChI=1S/C7H12N2/c8-7-4-5-1-2-6(3-5)9-7/h5-6H,1-4H2,(H2,8,9). The number of fused-ring (bicyclic) bond motifs is 2. The summed E-state index contributed by atoms with van der Waals surface area (Å²) in [5, 5.41) is 10.6. The van der Waals surface area contributed by atoms with Crippen molar-refractivity contribution in [3.8, 4) is 0 Å². The fourth-order valence-electron chi connectivity index (χ4n) is 1.99. The van der Waals surface area contributed by atoms with Crippen LogP contribution in [0.1, 0.15) is 25.7 Å². The third kappa shape index (κ3) is 0.824. The van der Waals surface area contributed by atoms with Crippen molar-refractivity contribution in [2.75, 3.05) is 0 Å². The van der Waals surface area contributed by atoms with E-state index in [4.69, 9.17) is 5.41 Å². The third-order valence-corrected chi connectivity index (χ3v) is 2.41. The maximum absolute atomic E-state index is 7.38. The van der Waals surface area contributed by atoms with Gasteiger partial charge in [-0.2, -0.15) is 0 Å². The minimum atomic E-state index is 0.663. The van der Waals surface area contributed by atoms with E-state index in [2.05, 4.69) is 5.32 Å². The lowest BCUT2D eigenvalue weighted by molar-refractivity contribution is 0.497. The van der Waals surface area contributed by atoms with Gasteiger partial charge >= 0.3 is 0 Å². The van der Waals surface area contributed by atoms with Crippen molar-refractivity contribution in [3.05, 3.63) is 0 Å². The van der Waals surface area contributed by atoms with Crippen molar-refractivity contribution in [2.24, 2.45) is 5.92 Å². The molecule has 2 atom stereocenters. The first-order chi connectivity index (χ1) is 4.34. The molecule has 2 rings (SSSR count). The molecule has 2 nitrogen and oxygen atoms in total. The topological polar surface area (TPSA) is 35.9 Å². The van der Waals surface area contributed by atoms with Crippen LogP contribution in [-0.2, 0) is 0 Å². The molecule has 0 spiro atoms. The van der Waals surface area contributed by atoms with Crippen LogP contribution in [0.3, 0.4) is 0 Å². The fourth-order valence-corrected chi connectivity index (χ4v) is 1.99. The summed E-state index contributed by atoms with van der Waals surface area (Å²) < 4.78 is 0. The van der Waals surface area contributed by atoms with Crippen LogP contribution in [-0.4, -0.2) is 11.9 Å². The average Bonchev–Trinajstić information content (AvgIpc) is 2.11. The first-order valence-electron chi connectivity index (χ1n) is 3.68. The summed E-state index contributed by atoms with van der Waals surface area (Å²) in [4.78, 5) is 0. The number of nitrogens with one attached hydrogen (secondary N) is 2. The van der Waals surface area contributed by atoms with Gasteiger partial charge in [0.15, 0.2) is 0 Å². The molecular formula is C7H12N2. The molecule has 0 aromatic heterocycles. The van der Waals surface area contributed by atoms with E-state index < -0.39 is 0 Å². The van der Waals surface area contributed by atoms with Crippen LogP contribution in [0.25, 0.3) is 0 Å². The Labute approximate surface area is 55.2 Å². The van der Waals surface area contributed by atoms with Crippen LogP contribution in [0, 0.1) is 11.3 Å². The van der Waals surface area contributed by atoms with Gasteiger partial charge in [-0.1, -0.05) is 0 Å². The molecule has 0 amide bonds. The normalized spacial score (nSPS) is 40.7. The first kappa shape index (κ1) is 5.27. The maximum Gasteiger partial charge on any atom is 0.0936 e. The van der Waals surface area contributed by atoms with Gasteiger partial charge in [0.25, 0.3) is 0 Å². The summed E-state index contributed by atoms with van der Waals surface area (Å²) in [6.07, 6.45) is 4.98. The Hall–Kier alpha value is -0.530. The zero-order valence-corrected chi connectivity index (χ0v) is 5.48. The largest absolute Gasteiger partial charge is 0.371 e. The predicted molar refractivity (Wildman–Crippen MR) is 36.6 cm³/mol. The Balaban J connectivity index is 2.11. The highest BCUT2D eigenvalue weighted by atomic mass is 15.0. The summed E-state index contributed by atoms with van der Waals surface area (Å²) in [5.41, 5.74) is 0. The smallest absolute Gasteiger partial charge is 0.0936 e. The van der Waals surface area contributed by atoms with Crippen LogP contribution < -0.4 is 5.32 Å². The van der Waals surface area contributed by atoms with Gasteiger partial charge in [0, 0.05) is 12.5 Å². The van der Waals surface area contributed by atoms with Crippen LogP contribution in [0.4, 0.5) is 0 Å². The van der Waals surface area contributed by atoms with E-state index in [1.807, 2.05) is 0 Å². The second-order valence-electron chi connectivity index (χ2n) is 3.20. The summed E-state index contributed by atoms with van der Waals surface area (Å²) in [5.74, 6) is 1.62. The summed E-state index contributed by atoms with van der Waals surface area (Å²) in [7, 11) is 0. The van der Waals surface area contributed by atoms with Gasteiger partial charge in [0.1, 0.15) is 0 Å². The Morgan fingerprint density at radius 1 is 1.44 bits per heavy atom. The van der Waals surface area contributed by atoms with Crippen molar-refractivity contribution in [3.63, 3.8) is 0 Å². The highest BCUT2D eigenvalue weighted by Crippen LogP contribution is 2.31. The number of hydrogen-bond donors (Lipinski definition) is 2. The van der Waals surface area contributed by atoms with Crippen molar-refractivity contribution in [1.29, 1.82) is 5.41 Å². The third-order valence-electron chi connectivity index (χ3n) is 2.41. The maximum atomic E-state index is 7.38. The molecule has 0 aromatic rings. The van der Waals surface area contributed by atoms with E-state index >= 15 is 0 Å². The van der Waals surface area contributed by atoms with Crippen LogP contribution in [0.5, 0.6) is 0 Å². The zero-order chi connectivity index (χ0) is 6.27. The van der Waals surface area contributed by atoms with Gasteiger partial charge in [0.05, 0.1) is 5.84 Å². The zero-order valence-electron chi connectivity index (χ0n) is 5.48. The van der Waals surface area contributed by atoms with E-state index in [9.17, 15) is 0 Å². The number of amidine groups is 1. The van der Waals surface area contributed by atoms with Crippen molar-refractivity contribution in [2.45, 2.75) is 31.7 Å². The molecule has 0 radical (unpaired) electrons. The number of hydrogen-bond acceptors (Lipinski definition) is 1. The van der Waals surface area contributed by atoms with Crippen molar-refractivity contribution < 1.29 is 0 Å². The molecule has 2 bridgehead atoms. The molecule has 2 N–H and O–H groups in total. The summed E-state index contributed by atoms with van der Waals surface area (Å²) in [6.45, 7) is 0. The molecule has 2 aliphatic rings. The van der Waals surface area contributed by atoms with Crippen molar-refractivity contribution >= 4 is 5.84 Å². The quantitative estimate of drug-likeness (QED) is 0.499. The predicted octanol–water partition coefficient (Wildman–Crippen LogP) is 1.13. The first-order valence-corrected chi connectivity index (χ1v) is 3.68. The molecule has 50 valence electrons. The molecule has 1 saturated heterocycles. The molecule has 1 saturated carbocycles. The molecule has 2 unspecified atom stereocenters. The van der Waals surface area contributed by atoms with Gasteiger partial charge in [-0.25, -0.2) is 0 Å². The molecule has 1 aliphatic heterocycles. The minimum Gasteiger partial charge on any atom is -0.371 e. The van der Waals surface area contributed by atoms with E-state index in [-0.39, 0.29) is 0 Å². The highest BCUT2D eigenvalue weighted by Gasteiger charge is 2.30. The molecule has 2 heteroatoms. The average molecular weight is 124 g/mol. The van der Waals surface area contributed by atoms with E-state index in [1.54, 1.807) is 0 Å². The SMILES string of the molecule is N=C1CC2CCC(C2)N1. The summed E-state index contributed by atoms with van der Waals surface area (Å²) >= 11 is 0. The monoisotopic (exact) mass is 124 g/mol. The lowest BCUT2D eigenvalue weighted by atomic mass is 10.0. The van der Waals surface area contributed by atoms with Crippen molar-refractivity contribution in [1.82, 2.24) is 5.32 Å². The molecule has 1 heterocycles. The molecule has 1 aliphatic carbocycles. The number of piperidine rings is 1. The van der Waals surface area contributed by atoms with Gasteiger partial charge < -0.3 is 5.32 Å². The Morgan fingerprint density at radius 3 is 3.11 bits per heavy atom. The van der Waals surface area contributed by atoms with Gasteiger partial charge in [-0.15, -0.1) is 0 Å². The van der Waals surface area contributed by atoms with Gasteiger partial charge in [-0.05, 0) is 25.2 Å². The molecule has 2 fully saturated rings. The van der Waals surface area contributed by atoms with Crippen LogP contribution in [0.15, 0.2) is 0 Å². The van der Waals surface area contributed by atoms with E-state index in [0.29, 0.717) is 6.04 Å². The Kier molecular flexibility index (Phi) is 1.01. The second-order valence-corrected chi connectivity index (χ2v) is 3.20. The number of rotatable bonds is 0. The Bertz CT molecular complexity index is 128. The van der Waals surface area contributed by atoms with E-state index in [0.717, 1.165) is 18.2 Å². The Morgan fingerprint density at radius 2 is 2.33 bits per heavy atom. The van der Waals surface area contributed by atoms with Gasteiger partial charge in [-0.3, -0.25) is 5.41 Å². The van der Waals surface area contributed by atoms with Crippen LogP contribution in [0.2, 0.25) is 0 Å². The molecular weight excluding hydrogens is 112 g/mol. The van der Waals surface area contributed by atoms with Gasteiger partial charge in [0.2, 0.25) is 0 Å². The van der Waals surface area contributed by atoms with Crippen LogP contribution >= 0.6 is 0 Å². The molecule has 0 aromatic carbocycles. The van der Waals surface area contributed by atoms with E-state index in [1.165, 1.54) is 19.3 Å². The lowest BCUT2D eigenvalue weighted by Crippen LogP contribution is -2.36. The molecule has 9 heavy (non-hydrogen) atoms. The minimum absolute atomic E-state index is 0.663. The highest BCUT2D eigenvalue weighted by molar-refractivity contribution is 5.80. The fraction of sp³-hybridized carbons (Fsp3) is 0.857. The summed E-state index contributed by atoms with van der Waals surface area (Å²) in [6, 6.07) is 0.663. The second kappa shape index (κ2) is 1.72. The lowest BCUT2D eigenvalue weighted by Gasteiger charge is -2.21.